The zero-order valence-electron chi connectivity index (χ0n) is 39.8. The first-order chi connectivity index (χ1) is 30.4. The van der Waals surface area contributed by atoms with E-state index in [-0.39, 0.29) is 10.8 Å². The van der Waals surface area contributed by atoms with Crippen molar-refractivity contribution in [1.82, 2.24) is 0 Å². The molecule has 0 aromatic heterocycles. The molecule has 0 spiro atoms. The molecule has 0 aliphatic heterocycles. The van der Waals surface area contributed by atoms with Crippen LogP contribution in [0.2, 0.25) is 0 Å². The van der Waals surface area contributed by atoms with Crippen molar-refractivity contribution in [2.24, 2.45) is 16.7 Å². The number of benzene rings is 9. The Morgan fingerprint density at radius 1 is 0.381 bits per heavy atom. The Morgan fingerprint density at radius 3 is 1.32 bits per heavy atom. The summed E-state index contributed by atoms with van der Waals surface area (Å²) >= 11 is 0. The van der Waals surface area contributed by atoms with E-state index in [4.69, 9.17) is 0 Å². The van der Waals surface area contributed by atoms with Crippen molar-refractivity contribution in [3.8, 4) is 33.4 Å². The molecule has 9 aromatic carbocycles. The molecule has 1 unspecified atom stereocenters. The minimum atomic E-state index is 0.0763. The summed E-state index contributed by atoms with van der Waals surface area (Å²) in [6.07, 6.45) is 1.14. The van der Waals surface area contributed by atoms with E-state index in [1.807, 2.05) is 13.8 Å². The fourth-order valence-electron chi connectivity index (χ4n) is 9.72. The summed E-state index contributed by atoms with van der Waals surface area (Å²) in [5.74, 6) is 1.72. The molecule has 0 bridgehead atoms. The molecule has 0 fully saturated rings. The quantitative estimate of drug-likeness (QED) is 0.127. The van der Waals surface area contributed by atoms with Crippen LogP contribution in [0.1, 0.15) is 106 Å². The third kappa shape index (κ3) is 9.10. The molecule has 2 atom stereocenters. The first-order valence-corrected chi connectivity index (χ1v) is 23.5. The van der Waals surface area contributed by atoms with Gasteiger partial charge in [0.05, 0.1) is 0 Å². The summed E-state index contributed by atoms with van der Waals surface area (Å²) in [6, 6.07) is 67.8. The summed E-state index contributed by atoms with van der Waals surface area (Å²) in [4.78, 5) is 0. The maximum atomic E-state index is 2.47. The van der Waals surface area contributed by atoms with E-state index in [1.54, 1.807) is 0 Å². The number of fused-ring (bicyclic) bond motifs is 4. The SMILES string of the molecule is CC.CC(C)C.CC(c1ccc(-c2ccc3c(-c4cccc5ccccc45)c4ccccc4c(-c4cccc5ccccc45)c3c2)cc1)C(C)(C)C(C)(C)C[C@@H](C)c1ccccc1. The fourth-order valence-corrected chi connectivity index (χ4v) is 9.72. The highest BCUT2D eigenvalue weighted by atomic mass is 14.5. The van der Waals surface area contributed by atoms with Gasteiger partial charge in [0, 0.05) is 0 Å². The largest absolute Gasteiger partial charge is 0.0683 e. The Bertz CT molecular complexity index is 2930. The molecule has 9 aromatic rings. The number of rotatable bonds is 9. The average molecular weight is 825 g/mol. The Hall–Kier alpha value is -5.98. The van der Waals surface area contributed by atoms with Gasteiger partial charge in [0.25, 0.3) is 0 Å². The van der Waals surface area contributed by atoms with Crippen molar-refractivity contribution in [2.45, 2.75) is 94.4 Å². The molecule has 0 aliphatic rings. The number of hydrogen-bond acceptors (Lipinski definition) is 0. The lowest BCUT2D eigenvalue weighted by molar-refractivity contribution is 0.0659. The van der Waals surface area contributed by atoms with Crippen molar-refractivity contribution < 1.29 is 0 Å². The molecule has 320 valence electrons. The van der Waals surface area contributed by atoms with Gasteiger partial charge in [0.2, 0.25) is 0 Å². The van der Waals surface area contributed by atoms with Gasteiger partial charge >= 0.3 is 0 Å². The van der Waals surface area contributed by atoms with Gasteiger partial charge in [0.1, 0.15) is 0 Å². The first-order valence-electron chi connectivity index (χ1n) is 23.5. The van der Waals surface area contributed by atoms with Gasteiger partial charge in [-0.25, -0.2) is 0 Å². The third-order valence-electron chi connectivity index (χ3n) is 13.9. The van der Waals surface area contributed by atoms with Crippen LogP contribution in [0.25, 0.3) is 76.5 Å². The standard InChI is InChI=1S/C57H52.C4H10.C2H6/c1-38(40-18-8-7-9-19-40)37-56(3,4)57(5,6)39(2)41-30-32-42(33-31-41)45-34-35-52-53(36-45)55(49-29-17-23-44-21-11-13-25-47(44)49)51-27-15-14-26-50(51)54(52)48-28-16-22-43-20-10-12-24-46(43)48;1-4(2)3;1-2/h7-36,38-39H,37H2,1-6H3;4H,1-3H3;1-2H3/t38-,39?;;/m1../s1. The molecule has 0 radical (unpaired) electrons. The van der Waals surface area contributed by atoms with Gasteiger partial charge in [-0.05, 0) is 129 Å². The minimum Gasteiger partial charge on any atom is -0.0683 e. The molecule has 9 rings (SSSR count). The Morgan fingerprint density at radius 2 is 0.794 bits per heavy atom. The zero-order valence-corrected chi connectivity index (χ0v) is 39.8. The maximum Gasteiger partial charge on any atom is -0.00199 e. The lowest BCUT2D eigenvalue weighted by Gasteiger charge is -2.47. The Balaban J connectivity index is 0.000000940. The Labute approximate surface area is 379 Å². The summed E-state index contributed by atoms with van der Waals surface area (Å²) in [7, 11) is 0. The molecule has 0 saturated carbocycles. The normalized spacial score (nSPS) is 12.8. The van der Waals surface area contributed by atoms with Gasteiger partial charge in [-0.3, -0.25) is 0 Å². The maximum absolute atomic E-state index is 2.47. The minimum absolute atomic E-state index is 0.0763. The topological polar surface area (TPSA) is 0 Å². The molecule has 0 heterocycles. The molecule has 63 heavy (non-hydrogen) atoms. The molecule has 0 N–H and O–H groups in total. The van der Waals surface area contributed by atoms with Gasteiger partial charge < -0.3 is 0 Å². The van der Waals surface area contributed by atoms with Crippen molar-refractivity contribution >= 4 is 43.1 Å². The van der Waals surface area contributed by atoms with E-state index in [0.29, 0.717) is 11.8 Å². The summed E-state index contributed by atoms with van der Waals surface area (Å²) in [6.45, 7) is 25.2. The van der Waals surface area contributed by atoms with Crippen molar-refractivity contribution in [3.05, 3.63) is 193 Å². The highest BCUT2D eigenvalue weighted by molar-refractivity contribution is 6.25. The van der Waals surface area contributed by atoms with E-state index < -0.39 is 0 Å². The van der Waals surface area contributed by atoms with Crippen LogP contribution in [0.3, 0.4) is 0 Å². The van der Waals surface area contributed by atoms with Crippen LogP contribution >= 0.6 is 0 Å². The van der Waals surface area contributed by atoms with Crippen LogP contribution in [0, 0.1) is 16.7 Å². The molecule has 0 nitrogen and oxygen atoms in total. The van der Waals surface area contributed by atoms with E-state index >= 15 is 0 Å². The molecular weight excluding hydrogens is 757 g/mol. The average Bonchev–Trinajstić information content (AvgIpc) is 3.30. The van der Waals surface area contributed by atoms with Gasteiger partial charge in [0.15, 0.2) is 0 Å². The summed E-state index contributed by atoms with van der Waals surface area (Å²) in [5, 5.41) is 10.2. The fraction of sp³-hybridized carbons (Fsp3) is 0.270. The van der Waals surface area contributed by atoms with Crippen LogP contribution in [-0.2, 0) is 0 Å². The molecule has 0 heteroatoms. The van der Waals surface area contributed by atoms with Crippen molar-refractivity contribution in [1.29, 1.82) is 0 Å². The lowest BCUT2D eigenvalue weighted by Crippen LogP contribution is -2.38. The van der Waals surface area contributed by atoms with Crippen molar-refractivity contribution in [3.63, 3.8) is 0 Å². The third-order valence-corrected chi connectivity index (χ3v) is 13.9. The molecule has 0 amide bonds. The predicted molar refractivity (Wildman–Crippen MR) is 280 cm³/mol. The molecule has 0 saturated heterocycles. The first kappa shape index (κ1) is 45.1. The van der Waals surface area contributed by atoms with E-state index in [2.05, 4.69) is 244 Å². The summed E-state index contributed by atoms with van der Waals surface area (Å²) in [5.41, 5.74) is 10.6. The van der Waals surface area contributed by atoms with Crippen LogP contribution in [0.4, 0.5) is 0 Å². The monoisotopic (exact) mass is 825 g/mol. The second kappa shape index (κ2) is 19.2. The molecule has 0 aliphatic carbocycles. The summed E-state index contributed by atoms with van der Waals surface area (Å²) < 4.78 is 0. The van der Waals surface area contributed by atoms with Gasteiger partial charge in [-0.15, -0.1) is 0 Å². The second-order valence-corrected chi connectivity index (χ2v) is 19.3. The van der Waals surface area contributed by atoms with Crippen LogP contribution in [-0.4, -0.2) is 0 Å². The molecular formula is C63H68. The smallest absolute Gasteiger partial charge is 0.00199 e. The number of hydrogen-bond donors (Lipinski definition) is 0. The van der Waals surface area contributed by atoms with Gasteiger partial charge in [-0.2, -0.15) is 0 Å². The van der Waals surface area contributed by atoms with Crippen molar-refractivity contribution in [2.75, 3.05) is 0 Å². The Kier molecular flexibility index (Phi) is 13.7. The van der Waals surface area contributed by atoms with Gasteiger partial charge in [-0.1, -0.05) is 252 Å². The zero-order chi connectivity index (χ0) is 44.9. The van der Waals surface area contributed by atoms with E-state index in [0.717, 1.165) is 12.3 Å². The van der Waals surface area contributed by atoms with Crippen LogP contribution < -0.4 is 0 Å². The van der Waals surface area contributed by atoms with Crippen LogP contribution in [0.15, 0.2) is 182 Å². The predicted octanol–water partition coefficient (Wildman–Crippen LogP) is 19.3. The highest BCUT2D eigenvalue weighted by Gasteiger charge is 2.42. The van der Waals surface area contributed by atoms with E-state index in [1.165, 1.54) is 87.6 Å². The lowest BCUT2D eigenvalue weighted by atomic mass is 9.57. The second-order valence-electron chi connectivity index (χ2n) is 19.3. The van der Waals surface area contributed by atoms with Crippen LogP contribution in [0.5, 0.6) is 0 Å². The van der Waals surface area contributed by atoms with E-state index in [9.17, 15) is 0 Å². The highest BCUT2D eigenvalue weighted by Crippen LogP contribution is 2.53.